The zero-order valence-electron chi connectivity index (χ0n) is 6.61. The summed E-state index contributed by atoms with van der Waals surface area (Å²) in [6.07, 6.45) is -0.709. The minimum atomic E-state index is -0.991. The summed E-state index contributed by atoms with van der Waals surface area (Å²) >= 11 is 0. The van der Waals surface area contributed by atoms with E-state index >= 15 is 0 Å². The van der Waals surface area contributed by atoms with E-state index in [2.05, 4.69) is 11.8 Å². The van der Waals surface area contributed by atoms with Crippen LogP contribution in [0.3, 0.4) is 0 Å². The van der Waals surface area contributed by atoms with E-state index in [-0.39, 0.29) is 6.42 Å². The zero-order valence-corrected chi connectivity index (χ0v) is 6.61. The van der Waals surface area contributed by atoms with Crippen molar-refractivity contribution in [3.63, 3.8) is 0 Å². The Morgan fingerprint density at radius 1 is 1.60 bits per heavy atom. The lowest BCUT2D eigenvalue weighted by Gasteiger charge is -2.05. The third-order valence-corrected chi connectivity index (χ3v) is 0.778. The summed E-state index contributed by atoms with van der Waals surface area (Å²) in [5, 5.41) is 9.03. The van der Waals surface area contributed by atoms with Gasteiger partial charge in [0.1, 0.15) is 11.8 Å². The van der Waals surface area contributed by atoms with Gasteiger partial charge < -0.3 is 5.11 Å². The summed E-state index contributed by atoms with van der Waals surface area (Å²) in [5.74, 6) is 5.07. The van der Waals surface area contributed by atoms with Gasteiger partial charge in [-0.05, 0) is 20.8 Å². The third-order valence-electron chi connectivity index (χ3n) is 0.778. The van der Waals surface area contributed by atoms with Crippen molar-refractivity contribution in [2.24, 2.45) is 0 Å². The molecule has 58 valence electrons. The standard InChI is InChI=1S/C8H13FO/c1-7(9)5-4-6-8(2,3)10/h7,10H,5H2,1-3H3. The molecule has 0 aromatic rings. The van der Waals surface area contributed by atoms with E-state index in [0.717, 1.165) is 0 Å². The van der Waals surface area contributed by atoms with Gasteiger partial charge in [-0.1, -0.05) is 11.8 Å². The molecule has 1 unspecified atom stereocenters. The molecule has 0 amide bonds. The average molecular weight is 144 g/mol. The van der Waals surface area contributed by atoms with Crippen molar-refractivity contribution < 1.29 is 9.50 Å². The maximum atomic E-state index is 12.1. The second-order valence-corrected chi connectivity index (χ2v) is 2.85. The number of halogens is 1. The molecule has 0 heterocycles. The van der Waals surface area contributed by atoms with Crippen LogP contribution in [0.15, 0.2) is 0 Å². The van der Waals surface area contributed by atoms with E-state index in [1.807, 2.05) is 0 Å². The Balaban J connectivity index is 3.71. The fourth-order valence-electron chi connectivity index (χ4n) is 0.408. The molecule has 1 N–H and O–H groups in total. The van der Waals surface area contributed by atoms with E-state index in [1.165, 1.54) is 6.92 Å². The van der Waals surface area contributed by atoms with Crippen molar-refractivity contribution in [2.45, 2.75) is 39.0 Å². The Labute approximate surface area is 61.3 Å². The van der Waals surface area contributed by atoms with Gasteiger partial charge >= 0.3 is 0 Å². The van der Waals surface area contributed by atoms with E-state index < -0.39 is 11.8 Å². The van der Waals surface area contributed by atoms with E-state index in [4.69, 9.17) is 5.11 Å². The van der Waals surface area contributed by atoms with Gasteiger partial charge in [0.2, 0.25) is 0 Å². The predicted octanol–water partition coefficient (Wildman–Crippen LogP) is 1.51. The average Bonchev–Trinajstić information content (AvgIpc) is 1.59. The van der Waals surface area contributed by atoms with Crippen molar-refractivity contribution in [2.75, 3.05) is 0 Å². The monoisotopic (exact) mass is 144 g/mol. The summed E-state index contributed by atoms with van der Waals surface area (Å²) in [6.45, 7) is 4.59. The molecule has 0 aromatic heterocycles. The second-order valence-electron chi connectivity index (χ2n) is 2.85. The molecule has 0 saturated carbocycles. The summed E-state index contributed by atoms with van der Waals surface area (Å²) in [7, 11) is 0. The van der Waals surface area contributed by atoms with Crippen molar-refractivity contribution in [1.82, 2.24) is 0 Å². The van der Waals surface area contributed by atoms with Crippen LogP contribution in [-0.4, -0.2) is 16.9 Å². The lowest BCUT2D eigenvalue weighted by molar-refractivity contribution is 0.143. The summed E-state index contributed by atoms with van der Waals surface area (Å²) in [5.41, 5.74) is -0.991. The van der Waals surface area contributed by atoms with E-state index in [0.29, 0.717) is 0 Å². The van der Waals surface area contributed by atoms with Crippen molar-refractivity contribution in [3.05, 3.63) is 0 Å². The molecule has 2 heteroatoms. The van der Waals surface area contributed by atoms with Crippen molar-refractivity contribution in [3.8, 4) is 11.8 Å². The molecular formula is C8H13FO. The maximum absolute atomic E-state index is 12.1. The van der Waals surface area contributed by atoms with Gasteiger partial charge in [0.15, 0.2) is 0 Å². The molecule has 0 spiro atoms. The minimum absolute atomic E-state index is 0.198. The van der Waals surface area contributed by atoms with Gasteiger partial charge in [0.25, 0.3) is 0 Å². The van der Waals surface area contributed by atoms with Crippen molar-refractivity contribution >= 4 is 0 Å². The molecular weight excluding hydrogens is 131 g/mol. The lowest BCUT2D eigenvalue weighted by Crippen LogP contribution is -2.14. The van der Waals surface area contributed by atoms with Gasteiger partial charge in [-0.2, -0.15) is 0 Å². The molecule has 1 nitrogen and oxygen atoms in total. The smallest absolute Gasteiger partial charge is 0.119 e. The fourth-order valence-corrected chi connectivity index (χ4v) is 0.408. The molecule has 0 aliphatic carbocycles. The van der Waals surface area contributed by atoms with Crippen LogP contribution in [-0.2, 0) is 0 Å². The number of aliphatic hydroxyl groups is 1. The largest absolute Gasteiger partial charge is 0.378 e. The second kappa shape index (κ2) is 3.58. The first-order valence-corrected chi connectivity index (χ1v) is 3.28. The van der Waals surface area contributed by atoms with Gasteiger partial charge in [0, 0.05) is 6.42 Å². The number of hydrogen-bond acceptors (Lipinski definition) is 1. The van der Waals surface area contributed by atoms with Crippen LogP contribution < -0.4 is 0 Å². The summed E-state index contributed by atoms with van der Waals surface area (Å²) in [4.78, 5) is 0. The van der Waals surface area contributed by atoms with E-state index in [9.17, 15) is 4.39 Å². The maximum Gasteiger partial charge on any atom is 0.119 e. The SMILES string of the molecule is CC(F)CC#CC(C)(C)O. The molecule has 0 aliphatic heterocycles. The molecule has 0 saturated heterocycles. The van der Waals surface area contributed by atoms with Gasteiger partial charge in [0.05, 0.1) is 0 Å². The minimum Gasteiger partial charge on any atom is -0.378 e. The lowest BCUT2D eigenvalue weighted by atomic mass is 10.1. The quantitative estimate of drug-likeness (QED) is 0.553. The highest BCUT2D eigenvalue weighted by molar-refractivity contribution is 5.10. The molecule has 1 atom stereocenters. The van der Waals surface area contributed by atoms with Gasteiger partial charge in [-0.15, -0.1) is 0 Å². The zero-order chi connectivity index (χ0) is 8.20. The Morgan fingerprint density at radius 3 is 2.40 bits per heavy atom. The van der Waals surface area contributed by atoms with Gasteiger partial charge in [-0.3, -0.25) is 0 Å². The van der Waals surface area contributed by atoms with Crippen molar-refractivity contribution in [1.29, 1.82) is 0 Å². The predicted molar refractivity (Wildman–Crippen MR) is 39.3 cm³/mol. The van der Waals surface area contributed by atoms with Crippen LogP contribution in [0.5, 0.6) is 0 Å². The topological polar surface area (TPSA) is 20.2 Å². The molecule has 10 heavy (non-hydrogen) atoms. The highest BCUT2D eigenvalue weighted by Gasteiger charge is 2.05. The summed E-state index contributed by atoms with van der Waals surface area (Å²) in [6, 6.07) is 0. The normalized spacial score (nSPS) is 13.7. The first-order chi connectivity index (χ1) is 4.42. The molecule has 0 fully saturated rings. The molecule has 0 bridgehead atoms. The molecule has 0 aromatic carbocycles. The fraction of sp³-hybridized carbons (Fsp3) is 0.750. The highest BCUT2D eigenvalue weighted by Crippen LogP contribution is 1.98. The van der Waals surface area contributed by atoms with Crippen LogP contribution in [0.25, 0.3) is 0 Å². The Morgan fingerprint density at radius 2 is 2.10 bits per heavy atom. The Hall–Kier alpha value is -0.550. The van der Waals surface area contributed by atoms with Crippen LogP contribution >= 0.6 is 0 Å². The third kappa shape index (κ3) is 7.45. The Kier molecular flexibility index (Phi) is 3.38. The molecule has 0 radical (unpaired) electrons. The first kappa shape index (κ1) is 9.45. The Bertz CT molecular complexity index is 145. The first-order valence-electron chi connectivity index (χ1n) is 3.28. The van der Waals surface area contributed by atoms with Crippen LogP contribution in [0, 0.1) is 11.8 Å². The summed E-state index contributed by atoms with van der Waals surface area (Å²) < 4.78 is 12.1. The van der Waals surface area contributed by atoms with E-state index in [1.54, 1.807) is 13.8 Å². The molecule has 0 aliphatic rings. The van der Waals surface area contributed by atoms with Gasteiger partial charge in [-0.25, -0.2) is 4.39 Å². The molecule has 0 rings (SSSR count). The number of rotatable bonds is 1. The number of alkyl halides is 1. The number of hydrogen-bond donors (Lipinski definition) is 1. The highest BCUT2D eigenvalue weighted by atomic mass is 19.1. The van der Waals surface area contributed by atoms with Crippen LogP contribution in [0.1, 0.15) is 27.2 Å². The van der Waals surface area contributed by atoms with Crippen LogP contribution in [0.2, 0.25) is 0 Å². The van der Waals surface area contributed by atoms with Crippen LogP contribution in [0.4, 0.5) is 4.39 Å².